The summed E-state index contributed by atoms with van der Waals surface area (Å²) in [5, 5.41) is 35.4. The van der Waals surface area contributed by atoms with Crippen molar-refractivity contribution < 1.29 is 29.5 Å². The van der Waals surface area contributed by atoms with Crippen LogP contribution in [0, 0.1) is 0 Å². The lowest BCUT2D eigenvalue weighted by molar-refractivity contribution is -0.0248. The fraction of sp³-hybridized carbons (Fsp3) is 0.368. The second-order valence-electron chi connectivity index (χ2n) is 6.30. The summed E-state index contributed by atoms with van der Waals surface area (Å²) < 4.78 is 16.2. The summed E-state index contributed by atoms with van der Waals surface area (Å²) in [6.07, 6.45) is 0. The molecular weight excluding hydrogens is 380 g/mol. The Labute approximate surface area is 169 Å². The summed E-state index contributed by atoms with van der Waals surface area (Å²) in [6.45, 7) is -0.746. The maximum absolute atomic E-state index is 10.8. The number of nitrogens with one attached hydrogen (secondary N) is 2. The van der Waals surface area contributed by atoms with Crippen molar-refractivity contribution in [3.05, 3.63) is 30.3 Å². The van der Waals surface area contributed by atoms with E-state index < -0.39 is 12.3 Å². The highest BCUT2D eigenvalue weighted by Crippen LogP contribution is 2.37. The number of benzene rings is 2. The van der Waals surface area contributed by atoms with Crippen LogP contribution in [0.15, 0.2) is 30.3 Å². The van der Waals surface area contributed by atoms with Gasteiger partial charge in [0, 0.05) is 18.3 Å². The number of nitrogen functional groups attached to an aromatic ring is 2. The highest BCUT2D eigenvalue weighted by molar-refractivity contribution is 5.72. The molecule has 0 bridgehead atoms. The number of hydrogen-bond acceptors (Lipinski definition) is 10. The predicted molar refractivity (Wildman–Crippen MR) is 112 cm³/mol. The molecular formula is C19H28N4O6. The molecule has 0 amide bonds. The van der Waals surface area contributed by atoms with E-state index in [0.717, 1.165) is 0 Å². The molecule has 1 atom stereocenters. The van der Waals surface area contributed by atoms with Crippen LogP contribution in [0.2, 0.25) is 0 Å². The zero-order valence-electron chi connectivity index (χ0n) is 16.4. The fourth-order valence-electron chi connectivity index (χ4n) is 2.59. The summed E-state index contributed by atoms with van der Waals surface area (Å²) in [6, 6.07) is 7.96. The summed E-state index contributed by atoms with van der Waals surface area (Å²) in [5.41, 5.74) is 11.4. The second kappa shape index (κ2) is 9.92. The third-order valence-electron chi connectivity index (χ3n) is 4.08. The Morgan fingerprint density at radius 2 is 1.66 bits per heavy atom. The van der Waals surface area contributed by atoms with E-state index in [4.69, 9.17) is 30.8 Å². The third-order valence-corrected chi connectivity index (χ3v) is 4.08. The molecule has 1 unspecified atom stereocenters. The van der Waals surface area contributed by atoms with E-state index in [0.29, 0.717) is 46.5 Å². The average Bonchev–Trinajstić information content (AvgIpc) is 2.71. The van der Waals surface area contributed by atoms with E-state index in [9.17, 15) is 10.2 Å². The maximum atomic E-state index is 10.8. The van der Waals surface area contributed by atoms with Gasteiger partial charge < -0.3 is 51.6 Å². The van der Waals surface area contributed by atoms with Gasteiger partial charge in [0.05, 0.1) is 44.5 Å². The highest BCUT2D eigenvalue weighted by atomic mass is 16.5. The minimum Gasteiger partial charge on any atom is -0.494 e. The number of methoxy groups -OCH3 is 2. The van der Waals surface area contributed by atoms with Crippen molar-refractivity contribution in [3.8, 4) is 17.2 Å². The predicted octanol–water partition coefficient (Wildman–Crippen LogP) is 0.444. The van der Waals surface area contributed by atoms with Crippen LogP contribution in [-0.4, -0.2) is 61.6 Å². The van der Waals surface area contributed by atoms with Crippen molar-refractivity contribution >= 4 is 22.7 Å². The highest BCUT2D eigenvalue weighted by Gasteiger charge is 2.29. The Balaban J connectivity index is 2.24. The molecule has 0 aliphatic carbocycles. The van der Waals surface area contributed by atoms with Gasteiger partial charge in [0.2, 0.25) is 0 Å². The lowest BCUT2D eigenvalue weighted by atomic mass is 10.1. The van der Waals surface area contributed by atoms with Gasteiger partial charge in [-0.15, -0.1) is 0 Å². The van der Waals surface area contributed by atoms with Gasteiger partial charge in [-0.2, -0.15) is 0 Å². The molecule has 0 spiro atoms. The van der Waals surface area contributed by atoms with E-state index >= 15 is 0 Å². The molecule has 0 fully saturated rings. The normalized spacial score (nSPS) is 12.7. The van der Waals surface area contributed by atoms with E-state index in [1.165, 1.54) is 20.3 Å². The molecule has 9 N–H and O–H groups in total. The average molecular weight is 408 g/mol. The Morgan fingerprint density at radius 3 is 2.24 bits per heavy atom. The van der Waals surface area contributed by atoms with Crippen molar-refractivity contribution in [3.63, 3.8) is 0 Å². The minimum atomic E-state index is -1.84. The van der Waals surface area contributed by atoms with Crippen LogP contribution < -0.4 is 36.3 Å². The van der Waals surface area contributed by atoms with Gasteiger partial charge >= 0.3 is 0 Å². The molecule has 29 heavy (non-hydrogen) atoms. The summed E-state index contributed by atoms with van der Waals surface area (Å²) in [4.78, 5) is 0. The van der Waals surface area contributed by atoms with Crippen LogP contribution in [0.5, 0.6) is 17.2 Å². The van der Waals surface area contributed by atoms with Gasteiger partial charge in [0.1, 0.15) is 23.9 Å². The van der Waals surface area contributed by atoms with Crippen LogP contribution in [-0.2, 0) is 0 Å². The lowest BCUT2D eigenvalue weighted by Crippen LogP contribution is -2.47. The maximum Gasteiger partial charge on any atom is 0.194 e. The number of nitrogens with two attached hydrogens (primary N) is 2. The molecule has 10 heteroatoms. The third kappa shape index (κ3) is 5.70. The molecule has 2 aromatic carbocycles. The van der Waals surface area contributed by atoms with Crippen LogP contribution in [0.1, 0.15) is 0 Å². The first-order valence-corrected chi connectivity index (χ1v) is 8.85. The molecule has 10 nitrogen and oxygen atoms in total. The molecule has 0 saturated carbocycles. The van der Waals surface area contributed by atoms with Crippen molar-refractivity contribution in [2.45, 2.75) is 5.72 Å². The summed E-state index contributed by atoms with van der Waals surface area (Å²) >= 11 is 0. The number of aliphatic hydroxyl groups excluding tert-OH is 2. The van der Waals surface area contributed by atoms with Crippen LogP contribution in [0.3, 0.4) is 0 Å². The van der Waals surface area contributed by atoms with Crippen molar-refractivity contribution in [1.82, 2.24) is 0 Å². The Kier molecular flexibility index (Phi) is 7.59. The molecule has 2 rings (SSSR count). The first-order valence-electron chi connectivity index (χ1n) is 8.85. The van der Waals surface area contributed by atoms with Crippen molar-refractivity contribution in [2.75, 3.05) is 62.7 Å². The van der Waals surface area contributed by atoms with Gasteiger partial charge in [-0.1, -0.05) is 0 Å². The summed E-state index contributed by atoms with van der Waals surface area (Å²) in [5.74, 6) is 1.18. The SMILES string of the molecule is COc1cc(OC)c(NC(O)(CO)COc2ccc(N)cc2N)cc1NCCO. The van der Waals surface area contributed by atoms with Crippen LogP contribution in [0.4, 0.5) is 22.7 Å². The zero-order chi connectivity index (χ0) is 21.4. The number of aliphatic hydroxyl groups is 3. The Morgan fingerprint density at radius 1 is 0.966 bits per heavy atom. The van der Waals surface area contributed by atoms with E-state index in [2.05, 4.69) is 10.6 Å². The molecule has 0 radical (unpaired) electrons. The molecule has 2 aromatic rings. The van der Waals surface area contributed by atoms with Crippen LogP contribution >= 0.6 is 0 Å². The van der Waals surface area contributed by atoms with E-state index in [-0.39, 0.29) is 13.2 Å². The van der Waals surface area contributed by atoms with Gasteiger partial charge in [-0.25, -0.2) is 0 Å². The van der Waals surface area contributed by atoms with E-state index in [1.54, 1.807) is 24.3 Å². The molecule has 0 aliphatic rings. The van der Waals surface area contributed by atoms with Gasteiger partial charge in [0.25, 0.3) is 0 Å². The van der Waals surface area contributed by atoms with Gasteiger partial charge in [-0.05, 0) is 24.3 Å². The fourth-order valence-corrected chi connectivity index (χ4v) is 2.59. The number of ether oxygens (including phenoxy) is 3. The monoisotopic (exact) mass is 408 g/mol. The second-order valence-corrected chi connectivity index (χ2v) is 6.30. The minimum absolute atomic E-state index is 0.0740. The number of anilines is 4. The standard InChI is InChI=1S/C19H28N4O6/c1-27-17-9-18(28-2)15(8-14(17)22-5-6-24)23-19(26,10-25)11-29-16-4-3-12(20)7-13(16)21/h3-4,7-9,22-26H,5-6,10-11,20-21H2,1-2H3. The smallest absolute Gasteiger partial charge is 0.194 e. The summed E-state index contributed by atoms with van der Waals surface area (Å²) in [7, 11) is 2.96. The number of hydrogen-bond donors (Lipinski definition) is 7. The topological polar surface area (TPSA) is 164 Å². The molecule has 160 valence electrons. The lowest BCUT2D eigenvalue weighted by Gasteiger charge is -2.29. The van der Waals surface area contributed by atoms with Crippen LogP contribution in [0.25, 0.3) is 0 Å². The molecule has 0 heterocycles. The molecule has 0 aliphatic heterocycles. The van der Waals surface area contributed by atoms with Crippen molar-refractivity contribution in [1.29, 1.82) is 0 Å². The quantitative estimate of drug-likeness (QED) is 0.205. The first-order chi connectivity index (χ1) is 13.9. The van der Waals surface area contributed by atoms with Gasteiger partial charge in [-0.3, -0.25) is 0 Å². The Bertz CT molecular complexity index is 820. The van der Waals surface area contributed by atoms with E-state index in [1.807, 2.05) is 0 Å². The number of rotatable bonds is 11. The van der Waals surface area contributed by atoms with Crippen molar-refractivity contribution in [2.24, 2.45) is 0 Å². The zero-order valence-corrected chi connectivity index (χ0v) is 16.4. The molecule has 0 aromatic heterocycles. The molecule has 0 saturated heterocycles. The Hall–Kier alpha value is -3.08. The largest absolute Gasteiger partial charge is 0.494 e. The van der Waals surface area contributed by atoms with Gasteiger partial charge in [0.15, 0.2) is 5.72 Å². The first kappa shape index (κ1) is 22.2.